The molecule has 1 aromatic carbocycles. The largest absolute Gasteiger partial charge is 0.341 e. The summed E-state index contributed by atoms with van der Waals surface area (Å²) < 4.78 is 26.8. The van der Waals surface area contributed by atoms with Crippen LogP contribution in [0.1, 0.15) is 32.3 Å². The van der Waals surface area contributed by atoms with Gasteiger partial charge in [-0.3, -0.25) is 4.79 Å². The first-order valence-corrected chi connectivity index (χ1v) is 9.17. The van der Waals surface area contributed by atoms with Crippen molar-refractivity contribution in [2.75, 3.05) is 13.1 Å². The quantitative estimate of drug-likeness (QED) is 0.853. The Bertz CT molecular complexity index is 714. The van der Waals surface area contributed by atoms with Gasteiger partial charge in [0.05, 0.1) is 4.90 Å². The van der Waals surface area contributed by atoms with Crippen LogP contribution in [0.2, 0.25) is 0 Å². The molecule has 1 aromatic rings. The number of hydrogen-bond donors (Lipinski definition) is 1. The molecule has 1 heterocycles. The van der Waals surface area contributed by atoms with Gasteiger partial charge >= 0.3 is 0 Å². The van der Waals surface area contributed by atoms with Gasteiger partial charge in [0.25, 0.3) is 5.91 Å². The fourth-order valence-electron chi connectivity index (χ4n) is 2.63. The third-order valence-electron chi connectivity index (χ3n) is 3.87. The lowest BCUT2D eigenvalue weighted by Gasteiger charge is -2.30. The van der Waals surface area contributed by atoms with Crippen molar-refractivity contribution in [3.63, 3.8) is 0 Å². The Labute approximate surface area is 138 Å². The van der Waals surface area contributed by atoms with Crippen molar-refractivity contribution in [3.05, 3.63) is 29.8 Å². The minimum Gasteiger partial charge on any atom is -0.341 e. The van der Waals surface area contributed by atoms with Gasteiger partial charge in [0.1, 0.15) is 0 Å². The van der Waals surface area contributed by atoms with Crippen LogP contribution < -0.4 is 5.32 Å². The van der Waals surface area contributed by atoms with E-state index in [0.29, 0.717) is 30.4 Å². The molecule has 0 spiro atoms. The molecule has 2 rings (SSSR count). The van der Waals surface area contributed by atoms with Crippen LogP contribution in [0.3, 0.4) is 0 Å². The summed E-state index contributed by atoms with van der Waals surface area (Å²) in [5, 5.41) is 2.65. The lowest BCUT2D eigenvalue weighted by Crippen LogP contribution is -2.39. The summed E-state index contributed by atoms with van der Waals surface area (Å²) in [4.78, 5) is 11.6. The van der Waals surface area contributed by atoms with E-state index in [2.05, 4.69) is 24.1 Å². The van der Waals surface area contributed by atoms with Gasteiger partial charge in [0, 0.05) is 19.6 Å². The molecule has 1 atom stereocenters. The first-order chi connectivity index (χ1) is 10.9. The van der Waals surface area contributed by atoms with Gasteiger partial charge in [-0.2, -0.15) is 4.31 Å². The van der Waals surface area contributed by atoms with E-state index >= 15 is 0 Å². The summed E-state index contributed by atoms with van der Waals surface area (Å²) in [7, 11) is -3.43. The topological polar surface area (TPSA) is 66.5 Å². The van der Waals surface area contributed by atoms with E-state index in [1.165, 1.54) is 0 Å². The predicted molar refractivity (Wildman–Crippen MR) is 88.9 cm³/mol. The number of benzene rings is 1. The van der Waals surface area contributed by atoms with E-state index in [0.717, 1.165) is 18.4 Å². The number of piperidine rings is 1. The van der Waals surface area contributed by atoms with Crippen molar-refractivity contribution in [3.8, 4) is 11.8 Å². The molecular formula is C17H22N2O3S. The highest BCUT2D eigenvalue weighted by Gasteiger charge is 2.28. The third-order valence-corrected chi connectivity index (χ3v) is 5.75. The van der Waals surface area contributed by atoms with E-state index in [-0.39, 0.29) is 5.91 Å². The van der Waals surface area contributed by atoms with E-state index in [1.807, 2.05) is 0 Å². The first-order valence-electron chi connectivity index (χ1n) is 7.73. The first kappa shape index (κ1) is 17.5. The zero-order valence-electron chi connectivity index (χ0n) is 13.5. The second-order valence-corrected chi connectivity index (χ2v) is 7.75. The lowest BCUT2D eigenvalue weighted by atomic mass is 10.0. The van der Waals surface area contributed by atoms with Crippen molar-refractivity contribution in [2.45, 2.75) is 38.1 Å². The summed E-state index contributed by atoms with van der Waals surface area (Å²) in [6.07, 6.45) is 1.98. The molecule has 6 heteroatoms. The zero-order valence-corrected chi connectivity index (χ0v) is 14.3. The summed E-state index contributed by atoms with van der Waals surface area (Å²) in [5.41, 5.74) is 0.835. The molecule has 0 aromatic heterocycles. The van der Waals surface area contributed by atoms with E-state index < -0.39 is 10.0 Å². The van der Waals surface area contributed by atoms with Crippen LogP contribution in [0.5, 0.6) is 0 Å². The number of rotatable bonds is 4. The maximum absolute atomic E-state index is 12.6. The van der Waals surface area contributed by atoms with Crippen molar-refractivity contribution in [2.24, 2.45) is 5.92 Å². The number of carbonyl (C=O) groups is 1. The molecule has 1 saturated heterocycles. The minimum absolute atomic E-state index is 0.301. The normalized spacial score (nSPS) is 18.8. The highest BCUT2D eigenvalue weighted by molar-refractivity contribution is 7.89. The molecule has 5 nitrogen and oxygen atoms in total. The molecule has 23 heavy (non-hydrogen) atoms. The van der Waals surface area contributed by atoms with Crippen molar-refractivity contribution >= 4 is 15.9 Å². The summed E-state index contributed by atoms with van der Waals surface area (Å²) >= 11 is 0. The Balaban J connectivity index is 2.05. The zero-order chi connectivity index (χ0) is 16.9. The maximum Gasteiger partial charge on any atom is 0.296 e. The Morgan fingerprint density at radius 2 is 2.04 bits per heavy atom. The molecule has 0 radical (unpaired) electrons. The number of sulfonamides is 1. The predicted octanol–water partition coefficient (Wildman–Crippen LogP) is 1.75. The highest BCUT2D eigenvalue weighted by Crippen LogP contribution is 2.23. The molecule has 1 N–H and O–H groups in total. The third kappa shape index (κ3) is 4.57. The van der Waals surface area contributed by atoms with Gasteiger partial charge in [-0.25, -0.2) is 8.42 Å². The lowest BCUT2D eigenvalue weighted by molar-refractivity contribution is -0.115. The van der Waals surface area contributed by atoms with Gasteiger partial charge in [-0.05, 0) is 49.3 Å². The van der Waals surface area contributed by atoms with E-state index in [1.54, 1.807) is 35.5 Å². The average Bonchev–Trinajstić information content (AvgIpc) is 2.53. The van der Waals surface area contributed by atoms with Crippen LogP contribution in [0, 0.1) is 17.8 Å². The Kier molecular flexibility index (Phi) is 5.80. The number of carbonyl (C=O) groups excluding carboxylic acids is 1. The standard InChI is InChI=1S/C17H22N2O3S/c1-3-5-17(20)18-12-15-7-9-16(10-8-15)23(21,22)19-11-4-6-14(2)13-19/h7-10,14H,4,6,11-13H2,1-2H3,(H,18,20). The number of nitrogens with one attached hydrogen (secondary N) is 1. The highest BCUT2D eigenvalue weighted by atomic mass is 32.2. The van der Waals surface area contributed by atoms with Crippen LogP contribution in [0.15, 0.2) is 29.2 Å². The van der Waals surface area contributed by atoms with Crippen molar-refractivity contribution in [1.29, 1.82) is 0 Å². The van der Waals surface area contributed by atoms with Gasteiger partial charge in [0.15, 0.2) is 0 Å². The molecule has 1 unspecified atom stereocenters. The Hall–Kier alpha value is -1.84. The van der Waals surface area contributed by atoms with Crippen LogP contribution in [0.4, 0.5) is 0 Å². The number of hydrogen-bond acceptors (Lipinski definition) is 3. The van der Waals surface area contributed by atoms with E-state index in [9.17, 15) is 13.2 Å². The summed E-state index contributed by atoms with van der Waals surface area (Å²) in [6, 6.07) is 6.64. The fourth-order valence-corrected chi connectivity index (χ4v) is 4.23. The SMILES string of the molecule is CC#CC(=O)NCc1ccc(S(=O)(=O)N2CCCC(C)C2)cc1. The Morgan fingerprint density at radius 3 is 2.65 bits per heavy atom. The molecule has 0 aliphatic carbocycles. The molecule has 0 bridgehead atoms. The number of amides is 1. The van der Waals surface area contributed by atoms with Crippen LogP contribution >= 0.6 is 0 Å². The van der Waals surface area contributed by atoms with Crippen molar-refractivity contribution < 1.29 is 13.2 Å². The van der Waals surface area contributed by atoms with Gasteiger partial charge in [-0.1, -0.05) is 25.0 Å². The molecule has 1 amide bonds. The monoisotopic (exact) mass is 334 g/mol. The molecule has 1 aliphatic rings. The van der Waals surface area contributed by atoms with Crippen LogP contribution in [-0.4, -0.2) is 31.7 Å². The Morgan fingerprint density at radius 1 is 1.35 bits per heavy atom. The smallest absolute Gasteiger partial charge is 0.296 e. The van der Waals surface area contributed by atoms with Gasteiger partial charge in [-0.15, -0.1) is 0 Å². The molecule has 124 valence electrons. The van der Waals surface area contributed by atoms with E-state index in [4.69, 9.17) is 0 Å². The van der Waals surface area contributed by atoms with Crippen molar-refractivity contribution in [1.82, 2.24) is 9.62 Å². The molecule has 0 saturated carbocycles. The maximum atomic E-state index is 12.6. The van der Waals surface area contributed by atoms with Gasteiger partial charge in [0.2, 0.25) is 10.0 Å². The molecule has 1 aliphatic heterocycles. The second-order valence-electron chi connectivity index (χ2n) is 5.81. The minimum atomic E-state index is -3.43. The van der Waals surface area contributed by atoms with Crippen LogP contribution in [-0.2, 0) is 21.4 Å². The fraction of sp³-hybridized carbons (Fsp3) is 0.471. The molecular weight excluding hydrogens is 312 g/mol. The average molecular weight is 334 g/mol. The van der Waals surface area contributed by atoms with Gasteiger partial charge < -0.3 is 5.32 Å². The summed E-state index contributed by atoms with van der Waals surface area (Å²) in [6.45, 7) is 5.16. The molecule has 1 fully saturated rings. The summed E-state index contributed by atoms with van der Waals surface area (Å²) in [5.74, 6) is 4.98. The van der Waals surface area contributed by atoms with Crippen LogP contribution in [0.25, 0.3) is 0 Å². The second kappa shape index (κ2) is 7.62. The number of nitrogens with zero attached hydrogens (tertiary/aromatic N) is 1.